The van der Waals surface area contributed by atoms with E-state index in [9.17, 15) is 4.79 Å². The van der Waals surface area contributed by atoms with Gasteiger partial charge in [0.15, 0.2) is 0 Å². The lowest BCUT2D eigenvalue weighted by molar-refractivity contribution is -0.120. The van der Waals surface area contributed by atoms with Gasteiger partial charge in [-0.05, 0) is 37.8 Å². The van der Waals surface area contributed by atoms with E-state index in [2.05, 4.69) is 11.4 Å². The zero-order chi connectivity index (χ0) is 13.8. The van der Waals surface area contributed by atoms with Crippen LogP contribution in [-0.2, 0) is 4.79 Å². The molecule has 0 radical (unpaired) electrons. The summed E-state index contributed by atoms with van der Waals surface area (Å²) in [5, 5.41) is 12.0. The molecule has 1 aliphatic carbocycles. The highest BCUT2D eigenvalue weighted by atomic mass is 16.1. The van der Waals surface area contributed by atoms with Crippen LogP contribution >= 0.6 is 0 Å². The summed E-state index contributed by atoms with van der Waals surface area (Å²) in [5.74, 6) is -0.0481. The summed E-state index contributed by atoms with van der Waals surface area (Å²) in [6.07, 6.45) is 3.61. The molecule has 100 valence electrons. The topological polar surface area (TPSA) is 78.9 Å². The van der Waals surface area contributed by atoms with Gasteiger partial charge in [-0.25, -0.2) is 0 Å². The number of nitriles is 1. The number of hydrogen-bond acceptors (Lipinski definition) is 3. The van der Waals surface area contributed by atoms with E-state index in [0.717, 1.165) is 31.2 Å². The Kier molecular flexibility index (Phi) is 4.18. The van der Waals surface area contributed by atoms with Crippen LogP contribution in [0.3, 0.4) is 0 Å². The van der Waals surface area contributed by atoms with Crippen LogP contribution in [0.5, 0.6) is 0 Å². The maximum atomic E-state index is 12.2. The number of benzene rings is 1. The van der Waals surface area contributed by atoms with Gasteiger partial charge in [-0.2, -0.15) is 5.26 Å². The van der Waals surface area contributed by atoms with Gasteiger partial charge < -0.3 is 11.1 Å². The zero-order valence-electron chi connectivity index (χ0n) is 11.1. The number of hydrogen-bond donors (Lipinski definition) is 2. The van der Waals surface area contributed by atoms with Crippen molar-refractivity contribution in [2.75, 3.05) is 5.32 Å². The summed E-state index contributed by atoms with van der Waals surface area (Å²) in [6, 6.07) is 7.75. The highest BCUT2D eigenvalue weighted by Crippen LogP contribution is 2.26. The summed E-state index contributed by atoms with van der Waals surface area (Å²) in [5.41, 5.74) is 7.92. The van der Waals surface area contributed by atoms with Crippen LogP contribution in [0.2, 0.25) is 0 Å². The number of amides is 1. The fourth-order valence-corrected chi connectivity index (χ4v) is 2.62. The van der Waals surface area contributed by atoms with Crippen molar-refractivity contribution in [2.24, 2.45) is 11.7 Å². The van der Waals surface area contributed by atoms with Gasteiger partial charge in [0.05, 0.1) is 11.3 Å². The molecule has 0 aromatic heterocycles. The molecule has 4 heteroatoms. The molecule has 2 atom stereocenters. The van der Waals surface area contributed by atoms with Gasteiger partial charge in [-0.3, -0.25) is 4.79 Å². The van der Waals surface area contributed by atoms with Gasteiger partial charge in [-0.15, -0.1) is 0 Å². The fraction of sp³-hybridized carbons (Fsp3) is 0.467. The lowest BCUT2D eigenvalue weighted by Gasteiger charge is -2.25. The molecule has 4 nitrogen and oxygen atoms in total. The summed E-state index contributed by atoms with van der Waals surface area (Å²) in [4.78, 5) is 12.2. The average molecular weight is 257 g/mol. The second-order valence-electron chi connectivity index (χ2n) is 5.22. The number of nitrogens with zero attached hydrogens (tertiary/aromatic N) is 1. The minimum atomic E-state index is -0.0317. The number of aryl methyl sites for hydroxylation is 1. The molecule has 0 aliphatic heterocycles. The average Bonchev–Trinajstić information content (AvgIpc) is 2.39. The van der Waals surface area contributed by atoms with Gasteiger partial charge in [0.25, 0.3) is 0 Å². The summed E-state index contributed by atoms with van der Waals surface area (Å²) < 4.78 is 0. The highest BCUT2D eigenvalue weighted by Gasteiger charge is 2.25. The third kappa shape index (κ3) is 3.12. The molecular formula is C15H19N3O. The zero-order valence-corrected chi connectivity index (χ0v) is 11.1. The highest BCUT2D eigenvalue weighted by molar-refractivity contribution is 5.94. The Balaban J connectivity index is 2.11. The fourth-order valence-electron chi connectivity index (χ4n) is 2.62. The van der Waals surface area contributed by atoms with Gasteiger partial charge in [0.1, 0.15) is 6.07 Å². The third-order valence-electron chi connectivity index (χ3n) is 3.73. The molecule has 0 saturated heterocycles. The SMILES string of the molecule is Cc1cccc(NC(=O)C2CCCC(N)C2)c1C#N. The Bertz CT molecular complexity index is 519. The van der Waals surface area contributed by atoms with Crippen LogP contribution in [0, 0.1) is 24.2 Å². The predicted molar refractivity (Wildman–Crippen MR) is 74.5 cm³/mol. The van der Waals surface area contributed by atoms with Crippen LogP contribution in [0.4, 0.5) is 5.69 Å². The second-order valence-corrected chi connectivity index (χ2v) is 5.22. The van der Waals surface area contributed by atoms with Gasteiger partial charge in [0, 0.05) is 12.0 Å². The molecule has 1 amide bonds. The molecule has 1 saturated carbocycles. The molecular weight excluding hydrogens is 238 g/mol. The predicted octanol–water partition coefficient (Wildman–Crippen LogP) is 2.32. The standard InChI is InChI=1S/C15H19N3O/c1-10-4-2-7-14(13(10)9-16)18-15(19)11-5-3-6-12(17)8-11/h2,4,7,11-12H,3,5-6,8,17H2,1H3,(H,18,19). The van der Waals surface area contributed by atoms with Crippen LogP contribution in [0.1, 0.15) is 36.8 Å². The molecule has 0 bridgehead atoms. The summed E-state index contributed by atoms with van der Waals surface area (Å²) in [7, 11) is 0. The van der Waals surface area contributed by atoms with E-state index in [1.165, 1.54) is 0 Å². The minimum absolute atomic E-state index is 0.0164. The van der Waals surface area contributed by atoms with Crippen LogP contribution in [-0.4, -0.2) is 11.9 Å². The largest absolute Gasteiger partial charge is 0.328 e. The van der Waals surface area contributed by atoms with Crippen molar-refractivity contribution >= 4 is 11.6 Å². The van der Waals surface area contributed by atoms with E-state index in [1.807, 2.05) is 19.1 Å². The molecule has 0 spiro atoms. The first-order valence-corrected chi connectivity index (χ1v) is 6.68. The van der Waals surface area contributed by atoms with Crippen molar-refractivity contribution in [1.29, 1.82) is 5.26 Å². The first kappa shape index (κ1) is 13.6. The van der Waals surface area contributed by atoms with E-state index in [-0.39, 0.29) is 17.9 Å². The van der Waals surface area contributed by atoms with Gasteiger partial charge in [0.2, 0.25) is 5.91 Å². The minimum Gasteiger partial charge on any atom is -0.328 e. The summed E-state index contributed by atoms with van der Waals surface area (Å²) >= 11 is 0. The van der Waals surface area contributed by atoms with Gasteiger partial charge in [-0.1, -0.05) is 18.6 Å². The Morgan fingerprint density at radius 2 is 2.26 bits per heavy atom. The number of anilines is 1. The molecule has 0 heterocycles. The number of carbonyl (C=O) groups excluding carboxylic acids is 1. The third-order valence-corrected chi connectivity index (χ3v) is 3.73. The Hall–Kier alpha value is -1.86. The lowest BCUT2D eigenvalue weighted by Crippen LogP contribution is -2.34. The van der Waals surface area contributed by atoms with Gasteiger partial charge >= 0.3 is 0 Å². The van der Waals surface area contributed by atoms with E-state index in [4.69, 9.17) is 11.0 Å². The maximum Gasteiger partial charge on any atom is 0.227 e. The monoisotopic (exact) mass is 257 g/mol. The molecule has 1 fully saturated rings. The number of rotatable bonds is 2. The Labute approximate surface area is 113 Å². The van der Waals surface area contributed by atoms with E-state index in [0.29, 0.717) is 11.3 Å². The lowest BCUT2D eigenvalue weighted by atomic mass is 9.85. The molecule has 19 heavy (non-hydrogen) atoms. The van der Waals surface area contributed by atoms with Crippen molar-refractivity contribution in [2.45, 2.75) is 38.6 Å². The quantitative estimate of drug-likeness (QED) is 0.853. The Morgan fingerprint density at radius 3 is 2.95 bits per heavy atom. The second kappa shape index (κ2) is 5.85. The molecule has 1 aromatic carbocycles. The first-order valence-electron chi connectivity index (χ1n) is 6.68. The smallest absolute Gasteiger partial charge is 0.227 e. The number of nitrogens with one attached hydrogen (secondary N) is 1. The van der Waals surface area contributed by atoms with Crippen molar-refractivity contribution < 1.29 is 4.79 Å². The number of nitrogens with two attached hydrogens (primary N) is 1. The summed E-state index contributed by atoms with van der Waals surface area (Å²) in [6.45, 7) is 1.87. The Morgan fingerprint density at radius 1 is 1.47 bits per heavy atom. The van der Waals surface area contributed by atoms with Crippen LogP contribution in [0.25, 0.3) is 0 Å². The molecule has 1 aromatic rings. The van der Waals surface area contributed by atoms with Crippen molar-refractivity contribution in [1.82, 2.24) is 0 Å². The van der Waals surface area contributed by atoms with Crippen LogP contribution in [0.15, 0.2) is 18.2 Å². The maximum absolute atomic E-state index is 12.2. The first-order chi connectivity index (χ1) is 9.11. The molecule has 3 N–H and O–H groups in total. The van der Waals surface area contributed by atoms with Crippen LogP contribution < -0.4 is 11.1 Å². The molecule has 1 aliphatic rings. The van der Waals surface area contributed by atoms with Crippen molar-refractivity contribution in [3.8, 4) is 6.07 Å². The van der Waals surface area contributed by atoms with E-state index >= 15 is 0 Å². The molecule has 2 rings (SSSR count). The van der Waals surface area contributed by atoms with E-state index in [1.54, 1.807) is 6.07 Å². The normalized spacial score (nSPS) is 22.6. The molecule has 2 unspecified atom stereocenters. The number of carbonyl (C=O) groups is 1. The van der Waals surface area contributed by atoms with Crippen molar-refractivity contribution in [3.63, 3.8) is 0 Å². The van der Waals surface area contributed by atoms with Crippen molar-refractivity contribution in [3.05, 3.63) is 29.3 Å². The van der Waals surface area contributed by atoms with E-state index < -0.39 is 0 Å².